The van der Waals surface area contributed by atoms with Crippen molar-refractivity contribution in [1.29, 1.82) is 0 Å². The first kappa shape index (κ1) is 19.6. The fourth-order valence-corrected chi connectivity index (χ4v) is 4.31. The topological polar surface area (TPSA) is 53.7 Å². The molecule has 3 aromatic heterocycles. The van der Waals surface area contributed by atoms with Crippen molar-refractivity contribution in [2.24, 2.45) is 0 Å². The van der Waals surface area contributed by atoms with E-state index in [1.165, 1.54) is 11.9 Å². The maximum absolute atomic E-state index is 13.4. The molecule has 0 N–H and O–H groups in total. The molecule has 1 saturated heterocycles. The lowest BCUT2D eigenvalue weighted by molar-refractivity contribution is 0.102. The van der Waals surface area contributed by atoms with Crippen molar-refractivity contribution in [2.75, 3.05) is 36.0 Å². The number of piperazine rings is 1. The Hall–Kier alpha value is -3.38. The number of fused-ring (bicyclic) bond motifs is 1. The number of aromatic nitrogens is 3. The predicted octanol–water partition coefficient (Wildman–Crippen LogP) is 4.25. The molecule has 0 amide bonds. The average Bonchev–Trinajstić information content (AvgIpc) is 3.15. The van der Waals surface area contributed by atoms with Crippen LogP contribution in [0, 0.1) is 6.92 Å². The molecule has 0 radical (unpaired) electrons. The van der Waals surface area contributed by atoms with Crippen LogP contribution in [-0.2, 0) is 0 Å². The summed E-state index contributed by atoms with van der Waals surface area (Å²) in [5.74, 6) is 0.347. The first-order valence-electron chi connectivity index (χ1n) is 10.3. The Bertz CT molecular complexity index is 1250. The summed E-state index contributed by atoms with van der Waals surface area (Å²) < 4.78 is 1.88. The second-order valence-electron chi connectivity index (χ2n) is 7.68. The highest BCUT2D eigenvalue weighted by Gasteiger charge is 2.24. The minimum absolute atomic E-state index is 0.194. The van der Waals surface area contributed by atoms with E-state index in [4.69, 9.17) is 11.6 Å². The highest BCUT2D eigenvalue weighted by Crippen LogP contribution is 2.25. The molecular formula is C24H22ClN5O. The predicted molar refractivity (Wildman–Crippen MR) is 123 cm³/mol. The van der Waals surface area contributed by atoms with Crippen LogP contribution in [0.25, 0.3) is 5.52 Å². The number of ketones is 1. The fraction of sp³-hybridized carbons (Fsp3) is 0.208. The summed E-state index contributed by atoms with van der Waals surface area (Å²) in [6.45, 7) is 5.21. The van der Waals surface area contributed by atoms with Gasteiger partial charge in [-0.2, -0.15) is 0 Å². The molecule has 1 aromatic carbocycles. The van der Waals surface area contributed by atoms with E-state index in [0.717, 1.165) is 37.3 Å². The van der Waals surface area contributed by atoms with Gasteiger partial charge in [-0.25, -0.2) is 9.97 Å². The molecule has 4 heterocycles. The van der Waals surface area contributed by atoms with Gasteiger partial charge in [0.05, 0.1) is 16.9 Å². The molecule has 0 bridgehead atoms. The zero-order valence-electron chi connectivity index (χ0n) is 17.2. The van der Waals surface area contributed by atoms with E-state index in [1.807, 2.05) is 47.9 Å². The first-order chi connectivity index (χ1) is 15.1. The number of rotatable bonds is 4. The Kier molecular flexibility index (Phi) is 5.08. The average molecular weight is 432 g/mol. The molecule has 0 spiro atoms. The Morgan fingerprint density at radius 2 is 1.68 bits per heavy atom. The van der Waals surface area contributed by atoms with Crippen LogP contribution < -0.4 is 9.80 Å². The van der Waals surface area contributed by atoms with E-state index in [1.54, 1.807) is 0 Å². The third kappa shape index (κ3) is 3.64. The maximum Gasteiger partial charge on any atom is 0.230 e. The number of carbonyl (C=O) groups excluding carboxylic acids is 1. The Morgan fingerprint density at radius 1 is 0.968 bits per heavy atom. The van der Waals surface area contributed by atoms with E-state index < -0.39 is 0 Å². The van der Waals surface area contributed by atoms with Gasteiger partial charge in [-0.15, -0.1) is 0 Å². The SMILES string of the molecule is Cc1cc2ccccn2c1C(=O)c1nc(N2CCN(c3ccccc3)CC2)ncc1Cl. The summed E-state index contributed by atoms with van der Waals surface area (Å²) in [5, 5.41) is 0.266. The molecule has 0 atom stereocenters. The number of carbonyl (C=O) groups is 1. The van der Waals surface area contributed by atoms with Crippen molar-refractivity contribution in [1.82, 2.24) is 14.4 Å². The quantitative estimate of drug-likeness (QED) is 0.452. The second kappa shape index (κ2) is 8.04. The number of benzene rings is 1. The van der Waals surface area contributed by atoms with Crippen LogP contribution in [0.4, 0.5) is 11.6 Å². The van der Waals surface area contributed by atoms with Crippen molar-refractivity contribution in [3.05, 3.63) is 89.0 Å². The van der Waals surface area contributed by atoms with Crippen LogP contribution in [0.3, 0.4) is 0 Å². The lowest BCUT2D eigenvalue weighted by Gasteiger charge is -2.36. The van der Waals surface area contributed by atoms with Crippen molar-refractivity contribution in [2.45, 2.75) is 6.92 Å². The van der Waals surface area contributed by atoms with Crippen LogP contribution in [-0.4, -0.2) is 46.3 Å². The molecule has 4 aromatic rings. The van der Waals surface area contributed by atoms with Crippen LogP contribution in [0.15, 0.2) is 67.0 Å². The standard InChI is InChI=1S/C24H22ClN5O/c1-17-15-19-9-5-6-10-30(19)22(17)23(31)21-20(25)16-26-24(27-21)29-13-11-28(12-14-29)18-7-3-2-4-8-18/h2-10,15-16H,11-14H2,1H3. The lowest BCUT2D eigenvalue weighted by Crippen LogP contribution is -2.47. The number of pyridine rings is 1. The number of hydrogen-bond donors (Lipinski definition) is 0. The first-order valence-corrected chi connectivity index (χ1v) is 10.7. The molecule has 0 saturated carbocycles. The van der Waals surface area contributed by atoms with Gasteiger partial charge in [-0.05, 0) is 42.8 Å². The van der Waals surface area contributed by atoms with Gasteiger partial charge in [0.15, 0.2) is 0 Å². The molecular weight excluding hydrogens is 410 g/mol. The van der Waals surface area contributed by atoms with Gasteiger partial charge in [-0.3, -0.25) is 4.79 Å². The molecule has 1 aliphatic rings. The molecule has 156 valence electrons. The molecule has 7 heteroatoms. The van der Waals surface area contributed by atoms with Crippen LogP contribution in [0.5, 0.6) is 0 Å². The van der Waals surface area contributed by atoms with E-state index in [-0.39, 0.29) is 16.5 Å². The smallest absolute Gasteiger partial charge is 0.230 e. The van der Waals surface area contributed by atoms with Gasteiger partial charge < -0.3 is 14.2 Å². The number of anilines is 2. The van der Waals surface area contributed by atoms with Crippen molar-refractivity contribution in [3.8, 4) is 0 Å². The highest BCUT2D eigenvalue weighted by molar-refractivity contribution is 6.34. The van der Waals surface area contributed by atoms with Crippen molar-refractivity contribution < 1.29 is 4.79 Å². The number of nitrogens with zero attached hydrogens (tertiary/aromatic N) is 5. The monoisotopic (exact) mass is 431 g/mol. The van der Waals surface area contributed by atoms with Gasteiger partial charge in [0, 0.05) is 43.6 Å². The summed E-state index contributed by atoms with van der Waals surface area (Å²) in [4.78, 5) is 26.9. The summed E-state index contributed by atoms with van der Waals surface area (Å²) in [6.07, 6.45) is 3.42. The molecule has 5 rings (SSSR count). The normalized spacial score (nSPS) is 14.3. The number of aryl methyl sites for hydroxylation is 1. The van der Waals surface area contributed by atoms with Gasteiger partial charge in [0.25, 0.3) is 0 Å². The minimum atomic E-state index is -0.194. The van der Waals surface area contributed by atoms with Crippen LogP contribution in [0.1, 0.15) is 21.7 Å². The van der Waals surface area contributed by atoms with Crippen molar-refractivity contribution in [3.63, 3.8) is 0 Å². The summed E-state index contributed by atoms with van der Waals surface area (Å²) in [6, 6.07) is 18.2. The van der Waals surface area contributed by atoms with Crippen molar-refractivity contribution >= 4 is 34.5 Å². The molecule has 0 aliphatic carbocycles. The zero-order chi connectivity index (χ0) is 21.4. The summed E-state index contributed by atoms with van der Waals surface area (Å²) in [7, 11) is 0. The molecule has 1 aliphatic heterocycles. The van der Waals surface area contributed by atoms with Gasteiger partial charge in [-0.1, -0.05) is 35.9 Å². The minimum Gasteiger partial charge on any atom is -0.368 e. The molecule has 6 nitrogen and oxygen atoms in total. The number of para-hydroxylation sites is 1. The summed E-state index contributed by atoms with van der Waals surface area (Å²) in [5.41, 5.74) is 3.89. The van der Waals surface area contributed by atoms with Crippen LogP contribution in [0.2, 0.25) is 5.02 Å². The van der Waals surface area contributed by atoms with Crippen LogP contribution >= 0.6 is 11.6 Å². The zero-order valence-corrected chi connectivity index (χ0v) is 18.0. The third-order valence-electron chi connectivity index (χ3n) is 5.72. The maximum atomic E-state index is 13.4. The second-order valence-corrected chi connectivity index (χ2v) is 8.08. The number of halogens is 1. The Balaban J connectivity index is 1.41. The van der Waals surface area contributed by atoms with Gasteiger partial charge >= 0.3 is 0 Å². The molecule has 0 unspecified atom stereocenters. The molecule has 1 fully saturated rings. The fourth-order valence-electron chi connectivity index (χ4n) is 4.13. The van der Waals surface area contributed by atoms with E-state index in [0.29, 0.717) is 11.6 Å². The van der Waals surface area contributed by atoms with E-state index in [2.05, 4.69) is 44.0 Å². The van der Waals surface area contributed by atoms with E-state index in [9.17, 15) is 4.79 Å². The van der Waals surface area contributed by atoms with E-state index >= 15 is 0 Å². The molecule has 31 heavy (non-hydrogen) atoms. The number of hydrogen-bond acceptors (Lipinski definition) is 5. The Labute approximate surface area is 185 Å². The van der Waals surface area contributed by atoms with Gasteiger partial charge in [0.1, 0.15) is 5.69 Å². The summed E-state index contributed by atoms with van der Waals surface area (Å²) >= 11 is 6.37. The Morgan fingerprint density at radius 3 is 2.45 bits per heavy atom. The largest absolute Gasteiger partial charge is 0.368 e. The van der Waals surface area contributed by atoms with Gasteiger partial charge in [0.2, 0.25) is 11.7 Å². The third-order valence-corrected chi connectivity index (χ3v) is 5.99. The highest BCUT2D eigenvalue weighted by atomic mass is 35.5. The lowest BCUT2D eigenvalue weighted by atomic mass is 10.1.